The van der Waals surface area contributed by atoms with Crippen LogP contribution < -0.4 is 0 Å². The van der Waals surface area contributed by atoms with Gasteiger partial charge in [-0.2, -0.15) is 5.26 Å². The van der Waals surface area contributed by atoms with Crippen molar-refractivity contribution in [2.45, 2.75) is 25.8 Å². The summed E-state index contributed by atoms with van der Waals surface area (Å²) < 4.78 is 2.21. The molecule has 3 nitrogen and oxygen atoms in total. The van der Waals surface area contributed by atoms with E-state index in [1.165, 1.54) is 11.1 Å². The minimum atomic E-state index is 0.411. The summed E-state index contributed by atoms with van der Waals surface area (Å²) >= 11 is 0. The normalized spacial score (nSPS) is 14.1. The van der Waals surface area contributed by atoms with E-state index < -0.39 is 0 Å². The smallest absolute Gasteiger partial charge is 0.124 e. The van der Waals surface area contributed by atoms with Gasteiger partial charge in [0.1, 0.15) is 5.82 Å². The lowest BCUT2D eigenvalue weighted by atomic mass is 10.0. The Bertz CT molecular complexity index is 560. The molecule has 1 aliphatic heterocycles. The van der Waals surface area contributed by atoms with Gasteiger partial charge in [-0.05, 0) is 24.5 Å². The Kier molecular flexibility index (Phi) is 1.75. The monoisotopic (exact) mass is 197 g/mol. The molecule has 74 valence electrons. The Morgan fingerprint density at radius 1 is 1.47 bits per heavy atom. The SMILES string of the molecule is N#CCc1nc2cccc3c2n1CCC3. The predicted octanol–water partition coefficient (Wildman–Crippen LogP) is 2.05. The number of hydrogen-bond donors (Lipinski definition) is 0. The summed E-state index contributed by atoms with van der Waals surface area (Å²) in [6, 6.07) is 8.42. The number of rotatable bonds is 1. The molecule has 3 heteroatoms. The lowest BCUT2D eigenvalue weighted by molar-refractivity contribution is 0.611. The zero-order valence-corrected chi connectivity index (χ0v) is 8.40. The number of para-hydroxylation sites is 1. The molecular weight excluding hydrogens is 186 g/mol. The lowest BCUT2D eigenvalue weighted by Gasteiger charge is -2.15. The van der Waals surface area contributed by atoms with Crippen LogP contribution in [0.4, 0.5) is 0 Å². The first-order valence-electron chi connectivity index (χ1n) is 5.24. The van der Waals surface area contributed by atoms with Crippen molar-refractivity contribution < 1.29 is 0 Å². The minimum Gasteiger partial charge on any atom is -0.327 e. The van der Waals surface area contributed by atoms with Crippen LogP contribution in [0, 0.1) is 11.3 Å². The van der Waals surface area contributed by atoms with E-state index >= 15 is 0 Å². The van der Waals surface area contributed by atoms with Gasteiger partial charge in [0.05, 0.1) is 23.5 Å². The van der Waals surface area contributed by atoms with E-state index in [4.69, 9.17) is 5.26 Å². The molecule has 3 rings (SSSR count). The molecule has 0 amide bonds. The fourth-order valence-corrected chi connectivity index (χ4v) is 2.38. The van der Waals surface area contributed by atoms with Crippen LogP contribution in [0.3, 0.4) is 0 Å². The lowest BCUT2D eigenvalue weighted by Crippen LogP contribution is -2.10. The highest BCUT2D eigenvalue weighted by Crippen LogP contribution is 2.26. The number of hydrogen-bond acceptors (Lipinski definition) is 2. The summed E-state index contributed by atoms with van der Waals surface area (Å²) in [6.07, 6.45) is 2.70. The molecule has 0 radical (unpaired) electrons. The molecule has 0 bridgehead atoms. The molecule has 2 heterocycles. The molecule has 0 N–H and O–H groups in total. The van der Waals surface area contributed by atoms with E-state index in [-0.39, 0.29) is 0 Å². The highest BCUT2D eigenvalue weighted by molar-refractivity contribution is 5.80. The molecule has 0 aliphatic carbocycles. The number of nitrogens with zero attached hydrogens (tertiary/aromatic N) is 3. The fraction of sp³-hybridized carbons (Fsp3) is 0.333. The van der Waals surface area contributed by atoms with Gasteiger partial charge in [0.15, 0.2) is 0 Å². The van der Waals surface area contributed by atoms with Gasteiger partial charge in [-0.15, -0.1) is 0 Å². The first kappa shape index (κ1) is 8.49. The Hall–Kier alpha value is -1.82. The summed E-state index contributed by atoms with van der Waals surface area (Å²) in [5.41, 5.74) is 3.65. The maximum Gasteiger partial charge on any atom is 0.124 e. The summed E-state index contributed by atoms with van der Waals surface area (Å²) in [5, 5.41) is 8.75. The Morgan fingerprint density at radius 2 is 2.40 bits per heavy atom. The van der Waals surface area contributed by atoms with Crippen molar-refractivity contribution in [3.05, 3.63) is 29.6 Å². The summed E-state index contributed by atoms with van der Waals surface area (Å²) in [4.78, 5) is 4.51. The molecule has 1 aliphatic rings. The molecule has 0 fully saturated rings. The molecule has 0 spiro atoms. The van der Waals surface area contributed by atoms with Crippen molar-refractivity contribution in [2.24, 2.45) is 0 Å². The summed E-state index contributed by atoms with van der Waals surface area (Å²) in [7, 11) is 0. The average Bonchev–Trinajstić information content (AvgIpc) is 2.61. The van der Waals surface area contributed by atoms with Crippen LogP contribution in [-0.4, -0.2) is 9.55 Å². The third kappa shape index (κ3) is 1.15. The Morgan fingerprint density at radius 3 is 3.27 bits per heavy atom. The maximum absolute atomic E-state index is 8.75. The number of aryl methyl sites for hydroxylation is 2. The van der Waals surface area contributed by atoms with Crippen LogP contribution in [0.1, 0.15) is 17.8 Å². The largest absolute Gasteiger partial charge is 0.327 e. The van der Waals surface area contributed by atoms with Gasteiger partial charge >= 0.3 is 0 Å². The fourth-order valence-electron chi connectivity index (χ4n) is 2.38. The van der Waals surface area contributed by atoms with E-state index in [9.17, 15) is 0 Å². The van der Waals surface area contributed by atoms with Gasteiger partial charge in [-0.1, -0.05) is 12.1 Å². The maximum atomic E-state index is 8.75. The van der Waals surface area contributed by atoms with E-state index in [0.717, 1.165) is 30.7 Å². The molecule has 15 heavy (non-hydrogen) atoms. The number of benzene rings is 1. The van der Waals surface area contributed by atoms with E-state index in [1.807, 2.05) is 6.07 Å². The van der Waals surface area contributed by atoms with Crippen molar-refractivity contribution >= 4 is 11.0 Å². The molecule has 1 aromatic heterocycles. The van der Waals surface area contributed by atoms with E-state index in [1.54, 1.807) is 0 Å². The highest BCUT2D eigenvalue weighted by Gasteiger charge is 2.16. The third-order valence-corrected chi connectivity index (χ3v) is 2.99. The van der Waals surface area contributed by atoms with Gasteiger partial charge in [-0.3, -0.25) is 0 Å². The van der Waals surface area contributed by atoms with Crippen LogP contribution in [0.25, 0.3) is 11.0 Å². The van der Waals surface area contributed by atoms with Crippen LogP contribution in [-0.2, 0) is 19.4 Å². The first-order chi connectivity index (χ1) is 7.40. The molecule has 0 saturated carbocycles. The van der Waals surface area contributed by atoms with Crippen LogP contribution in [0.5, 0.6) is 0 Å². The van der Waals surface area contributed by atoms with Crippen molar-refractivity contribution in [3.8, 4) is 6.07 Å². The number of nitriles is 1. The second-order valence-corrected chi connectivity index (χ2v) is 3.90. The molecular formula is C12H11N3. The van der Waals surface area contributed by atoms with Crippen molar-refractivity contribution in [1.29, 1.82) is 5.26 Å². The molecule has 0 atom stereocenters. The van der Waals surface area contributed by atoms with Crippen molar-refractivity contribution in [2.75, 3.05) is 0 Å². The Labute approximate surface area is 88.0 Å². The molecule has 2 aromatic rings. The molecule has 0 saturated heterocycles. The van der Waals surface area contributed by atoms with Gasteiger partial charge in [0.2, 0.25) is 0 Å². The number of aromatic nitrogens is 2. The summed E-state index contributed by atoms with van der Waals surface area (Å²) in [6.45, 7) is 1.00. The van der Waals surface area contributed by atoms with Gasteiger partial charge in [0.25, 0.3) is 0 Å². The molecule has 1 aromatic carbocycles. The zero-order valence-electron chi connectivity index (χ0n) is 8.40. The van der Waals surface area contributed by atoms with Gasteiger partial charge in [-0.25, -0.2) is 4.98 Å². The van der Waals surface area contributed by atoms with Crippen LogP contribution in [0.2, 0.25) is 0 Å². The average molecular weight is 197 g/mol. The predicted molar refractivity (Wildman–Crippen MR) is 57.4 cm³/mol. The topological polar surface area (TPSA) is 41.6 Å². The van der Waals surface area contributed by atoms with Crippen LogP contribution in [0.15, 0.2) is 18.2 Å². The van der Waals surface area contributed by atoms with Crippen LogP contribution >= 0.6 is 0 Å². The standard InChI is InChI=1S/C12H11N3/c13-7-6-11-14-10-5-1-3-9-4-2-8-15(11)12(9)10/h1,3,5H,2,4,6,8H2. The second-order valence-electron chi connectivity index (χ2n) is 3.90. The number of imidazole rings is 1. The van der Waals surface area contributed by atoms with Gasteiger partial charge < -0.3 is 4.57 Å². The molecule has 0 unspecified atom stereocenters. The second kappa shape index (κ2) is 3.09. The summed E-state index contributed by atoms with van der Waals surface area (Å²) in [5.74, 6) is 0.916. The van der Waals surface area contributed by atoms with E-state index in [2.05, 4.69) is 27.8 Å². The minimum absolute atomic E-state index is 0.411. The first-order valence-corrected chi connectivity index (χ1v) is 5.24. The van der Waals surface area contributed by atoms with Crippen molar-refractivity contribution in [3.63, 3.8) is 0 Å². The zero-order chi connectivity index (χ0) is 10.3. The third-order valence-electron chi connectivity index (χ3n) is 2.99. The van der Waals surface area contributed by atoms with Gasteiger partial charge in [0, 0.05) is 6.54 Å². The van der Waals surface area contributed by atoms with Crippen molar-refractivity contribution in [1.82, 2.24) is 9.55 Å². The highest BCUT2D eigenvalue weighted by atomic mass is 15.1. The van der Waals surface area contributed by atoms with E-state index in [0.29, 0.717) is 6.42 Å². The quantitative estimate of drug-likeness (QED) is 0.702. The Balaban J connectivity index is 2.34.